The molecule has 2 nitrogen and oxygen atoms in total. The van der Waals surface area contributed by atoms with Gasteiger partial charge in [-0.1, -0.05) is 42.0 Å². The van der Waals surface area contributed by atoms with Gasteiger partial charge in [0.2, 0.25) is 0 Å². The van der Waals surface area contributed by atoms with Crippen LogP contribution < -0.4 is 4.74 Å². The molecule has 2 aromatic rings. The van der Waals surface area contributed by atoms with Crippen molar-refractivity contribution in [3.05, 3.63) is 65.2 Å². The van der Waals surface area contributed by atoms with Crippen LogP contribution >= 0.6 is 0 Å². The van der Waals surface area contributed by atoms with Crippen LogP contribution in [0, 0.1) is 6.92 Å². The second-order valence-electron chi connectivity index (χ2n) is 6.85. The van der Waals surface area contributed by atoms with Gasteiger partial charge < -0.3 is 4.74 Å². The van der Waals surface area contributed by atoms with Crippen LogP contribution in [0.3, 0.4) is 0 Å². The third-order valence-electron chi connectivity index (χ3n) is 4.47. The Hall–Kier alpha value is -1.80. The van der Waals surface area contributed by atoms with Gasteiger partial charge in [-0.25, -0.2) is 0 Å². The van der Waals surface area contributed by atoms with Gasteiger partial charge in [0, 0.05) is 12.6 Å². The zero-order chi connectivity index (χ0) is 16.2. The summed E-state index contributed by atoms with van der Waals surface area (Å²) in [6, 6.07) is 18.1. The second kappa shape index (κ2) is 7.18. The lowest BCUT2D eigenvalue weighted by atomic mass is 10.0. The maximum Gasteiger partial charge on any atom is 0.119 e. The molecule has 0 unspecified atom stereocenters. The summed E-state index contributed by atoms with van der Waals surface area (Å²) in [6.07, 6.45) is 2.77. The first-order chi connectivity index (χ1) is 11.1. The quantitative estimate of drug-likeness (QED) is 0.760. The van der Waals surface area contributed by atoms with Crippen LogP contribution in [-0.2, 0) is 6.54 Å². The Bertz CT molecular complexity index is 633. The third kappa shape index (κ3) is 4.14. The molecule has 1 fully saturated rings. The van der Waals surface area contributed by atoms with Gasteiger partial charge in [0.05, 0.1) is 6.10 Å². The fraction of sp³-hybridized carbons (Fsp3) is 0.429. The van der Waals surface area contributed by atoms with E-state index in [1.807, 2.05) is 0 Å². The predicted octanol–water partition coefficient (Wildman–Crippen LogP) is 5.12. The summed E-state index contributed by atoms with van der Waals surface area (Å²) in [5.74, 6) is 0.959. The van der Waals surface area contributed by atoms with Crippen LogP contribution in [0.15, 0.2) is 48.5 Å². The molecule has 0 saturated carbocycles. The van der Waals surface area contributed by atoms with E-state index >= 15 is 0 Å². The molecule has 23 heavy (non-hydrogen) atoms. The number of hydrogen-bond donors (Lipinski definition) is 0. The fourth-order valence-corrected chi connectivity index (χ4v) is 3.45. The molecule has 3 rings (SSSR count). The van der Waals surface area contributed by atoms with E-state index in [1.54, 1.807) is 0 Å². The molecule has 0 amide bonds. The minimum atomic E-state index is 0.227. The molecule has 1 saturated heterocycles. The monoisotopic (exact) mass is 309 g/mol. The molecule has 2 aromatic carbocycles. The first-order valence-corrected chi connectivity index (χ1v) is 8.68. The van der Waals surface area contributed by atoms with Crippen molar-refractivity contribution < 1.29 is 4.74 Å². The summed E-state index contributed by atoms with van der Waals surface area (Å²) in [5.41, 5.74) is 4.17. The topological polar surface area (TPSA) is 12.5 Å². The molecular weight excluding hydrogens is 282 g/mol. The van der Waals surface area contributed by atoms with Gasteiger partial charge in [-0.2, -0.15) is 0 Å². The van der Waals surface area contributed by atoms with Crippen LogP contribution in [0.2, 0.25) is 0 Å². The van der Waals surface area contributed by atoms with Crippen molar-refractivity contribution in [2.75, 3.05) is 6.54 Å². The Morgan fingerprint density at radius 3 is 2.61 bits per heavy atom. The molecular formula is C21H27NO. The number of hydrogen-bond acceptors (Lipinski definition) is 2. The van der Waals surface area contributed by atoms with Crippen molar-refractivity contribution in [3.8, 4) is 5.75 Å². The van der Waals surface area contributed by atoms with Crippen molar-refractivity contribution in [1.29, 1.82) is 0 Å². The average molecular weight is 309 g/mol. The van der Waals surface area contributed by atoms with E-state index in [9.17, 15) is 0 Å². The molecule has 0 radical (unpaired) electrons. The summed E-state index contributed by atoms with van der Waals surface area (Å²) < 4.78 is 5.73. The van der Waals surface area contributed by atoms with Crippen molar-refractivity contribution in [3.63, 3.8) is 0 Å². The highest BCUT2D eigenvalue weighted by Gasteiger charge is 2.25. The summed E-state index contributed by atoms with van der Waals surface area (Å²) in [7, 11) is 0. The summed E-state index contributed by atoms with van der Waals surface area (Å²) >= 11 is 0. The molecule has 1 heterocycles. The minimum Gasteiger partial charge on any atom is -0.491 e. The molecule has 0 bridgehead atoms. The Morgan fingerprint density at radius 1 is 1.13 bits per heavy atom. The molecule has 1 atom stereocenters. The summed E-state index contributed by atoms with van der Waals surface area (Å²) in [5, 5.41) is 0. The van der Waals surface area contributed by atoms with Gasteiger partial charge in [0.15, 0.2) is 0 Å². The van der Waals surface area contributed by atoms with Crippen LogP contribution in [0.4, 0.5) is 0 Å². The first kappa shape index (κ1) is 16.1. The zero-order valence-electron chi connectivity index (χ0n) is 14.5. The number of nitrogens with zero attached hydrogens (tertiary/aromatic N) is 1. The van der Waals surface area contributed by atoms with Gasteiger partial charge in [0.25, 0.3) is 0 Å². The van der Waals surface area contributed by atoms with Gasteiger partial charge in [-0.3, -0.25) is 4.90 Å². The zero-order valence-corrected chi connectivity index (χ0v) is 14.5. The smallest absolute Gasteiger partial charge is 0.119 e. The Morgan fingerprint density at radius 2 is 1.91 bits per heavy atom. The molecule has 122 valence electrons. The van der Waals surface area contributed by atoms with Gasteiger partial charge in [-0.15, -0.1) is 0 Å². The highest BCUT2D eigenvalue weighted by atomic mass is 16.5. The lowest BCUT2D eigenvalue weighted by Gasteiger charge is -2.25. The lowest BCUT2D eigenvalue weighted by Crippen LogP contribution is -2.22. The number of rotatable bonds is 5. The molecule has 0 N–H and O–H groups in total. The van der Waals surface area contributed by atoms with Gasteiger partial charge >= 0.3 is 0 Å². The van der Waals surface area contributed by atoms with E-state index in [2.05, 4.69) is 74.2 Å². The van der Waals surface area contributed by atoms with Crippen LogP contribution in [0.5, 0.6) is 5.75 Å². The summed E-state index contributed by atoms with van der Waals surface area (Å²) in [4.78, 5) is 2.60. The standard InChI is InChI=1S/C21H27NO/c1-16(2)23-20-11-9-18(10-12-20)15-22-13-5-8-21(22)19-7-4-6-17(3)14-19/h4,6-7,9-12,14,16,21H,5,8,13,15H2,1-3H3/t21-/m0/s1. The maximum absolute atomic E-state index is 5.73. The van der Waals surface area contributed by atoms with Crippen LogP contribution in [-0.4, -0.2) is 17.5 Å². The average Bonchev–Trinajstić information content (AvgIpc) is 2.97. The van der Waals surface area contributed by atoms with Crippen molar-refractivity contribution in [2.45, 2.75) is 52.3 Å². The van der Waals surface area contributed by atoms with E-state index in [1.165, 1.54) is 36.1 Å². The predicted molar refractivity (Wildman–Crippen MR) is 95.8 cm³/mol. The number of likely N-dealkylation sites (tertiary alicyclic amines) is 1. The first-order valence-electron chi connectivity index (χ1n) is 8.68. The molecule has 1 aliphatic rings. The molecule has 1 aliphatic heterocycles. The van der Waals surface area contributed by atoms with E-state index in [0.29, 0.717) is 6.04 Å². The van der Waals surface area contributed by atoms with Crippen LogP contribution in [0.1, 0.15) is 49.4 Å². The fourth-order valence-electron chi connectivity index (χ4n) is 3.45. The van der Waals surface area contributed by atoms with Crippen LogP contribution in [0.25, 0.3) is 0 Å². The largest absolute Gasteiger partial charge is 0.491 e. The van der Waals surface area contributed by atoms with Crippen molar-refractivity contribution in [2.24, 2.45) is 0 Å². The van der Waals surface area contributed by atoms with E-state index in [4.69, 9.17) is 4.74 Å². The molecule has 0 aromatic heterocycles. The normalized spacial score (nSPS) is 18.5. The Kier molecular flexibility index (Phi) is 5.02. The lowest BCUT2D eigenvalue weighted by molar-refractivity contribution is 0.240. The van der Waals surface area contributed by atoms with Crippen molar-refractivity contribution in [1.82, 2.24) is 4.90 Å². The van der Waals surface area contributed by atoms with E-state index in [-0.39, 0.29) is 6.10 Å². The SMILES string of the molecule is Cc1cccc([C@@H]2CCCN2Cc2ccc(OC(C)C)cc2)c1. The molecule has 0 aliphatic carbocycles. The van der Waals surface area contributed by atoms with E-state index < -0.39 is 0 Å². The molecule has 0 spiro atoms. The summed E-state index contributed by atoms with van der Waals surface area (Å²) in [6.45, 7) is 8.49. The highest BCUT2D eigenvalue weighted by molar-refractivity contribution is 5.29. The number of ether oxygens (including phenoxy) is 1. The van der Waals surface area contributed by atoms with Gasteiger partial charge in [-0.05, 0) is 63.4 Å². The maximum atomic E-state index is 5.73. The van der Waals surface area contributed by atoms with Crippen molar-refractivity contribution >= 4 is 0 Å². The Labute approximate surface area is 140 Å². The molecule has 2 heteroatoms. The van der Waals surface area contributed by atoms with E-state index in [0.717, 1.165) is 12.3 Å². The second-order valence-corrected chi connectivity index (χ2v) is 6.85. The Balaban J connectivity index is 1.69. The minimum absolute atomic E-state index is 0.227. The highest BCUT2D eigenvalue weighted by Crippen LogP contribution is 2.33. The number of aryl methyl sites for hydroxylation is 1. The third-order valence-corrected chi connectivity index (χ3v) is 4.47. The number of benzene rings is 2. The van der Waals surface area contributed by atoms with Gasteiger partial charge in [0.1, 0.15) is 5.75 Å².